The van der Waals surface area contributed by atoms with E-state index in [9.17, 15) is 19.7 Å². The van der Waals surface area contributed by atoms with Crippen LogP contribution in [0.2, 0.25) is 0 Å². The number of nitrogens with zero attached hydrogens (tertiary/aromatic N) is 2. The van der Waals surface area contributed by atoms with Gasteiger partial charge in [0, 0.05) is 43.0 Å². The van der Waals surface area contributed by atoms with E-state index in [1.807, 2.05) is 0 Å². The van der Waals surface area contributed by atoms with Crippen LogP contribution in [0.15, 0.2) is 53.5 Å². The number of amides is 1. The molecular formula is C14H13N3O4. The number of anilines is 1. The molecule has 0 aliphatic carbocycles. The maximum Gasteiger partial charge on any atom is 0.269 e. The van der Waals surface area contributed by atoms with Gasteiger partial charge in [0.25, 0.3) is 11.2 Å². The number of non-ortho nitro benzene ring substituents is 1. The summed E-state index contributed by atoms with van der Waals surface area (Å²) < 4.78 is 1.44. The van der Waals surface area contributed by atoms with Crippen molar-refractivity contribution in [2.24, 2.45) is 0 Å². The van der Waals surface area contributed by atoms with Crippen LogP contribution in [0.1, 0.15) is 6.42 Å². The molecule has 0 atom stereocenters. The Morgan fingerprint density at radius 1 is 1.19 bits per heavy atom. The van der Waals surface area contributed by atoms with Gasteiger partial charge in [-0.1, -0.05) is 6.07 Å². The average Bonchev–Trinajstić information content (AvgIpc) is 2.47. The van der Waals surface area contributed by atoms with Crippen LogP contribution in [0.3, 0.4) is 0 Å². The highest BCUT2D eigenvalue weighted by Crippen LogP contribution is 2.15. The molecule has 0 saturated heterocycles. The van der Waals surface area contributed by atoms with Gasteiger partial charge < -0.3 is 9.88 Å². The molecule has 0 bridgehead atoms. The summed E-state index contributed by atoms with van der Waals surface area (Å²) >= 11 is 0. The summed E-state index contributed by atoms with van der Waals surface area (Å²) in [4.78, 5) is 33.2. The Bertz CT molecular complexity index is 707. The third-order valence-electron chi connectivity index (χ3n) is 2.84. The molecule has 0 fully saturated rings. The predicted molar refractivity (Wildman–Crippen MR) is 77.0 cm³/mol. The van der Waals surface area contributed by atoms with E-state index in [1.165, 1.54) is 34.9 Å². The summed E-state index contributed by atoms with van der Waals surface area (Å²) in [5, 5.41) is 13.1. The molecular weight excluding hydrogens is 274 g/mol. The molecule has 0 radical (unpaired) electrons. The first-order valence-electron chi connectivity index (χ1n) is 6.26. The fourth-order valence-corrected chi connectivity index (χ4v) is 1.76. The summed E-state index contributed by atoms with van der Waals surface area (Å²) in [6.45, 7) is 0.276. The summed E-state index contributed by atoms with van der Waals surface area (Å²) in [6.07, 6.45) is 1.75. The highest BCUT2D eigenvalue weighted by atomic mass is 16.6. The molecule has 1 aromatic carbocycles. The molecule has 108 valence electrons. The first-order chi connectivity index (χ1) is 10.1. The lowest BCUT2D eigenvalue weighted by Gasteiger charge is -2.06. The fraction of sp³-hybridized carbons (Fsp3) is 0.143. The largest absolute Gasteiger partial charge is 0.326 e. The summed E-state index contributed by atoms with van der Waals surface area (Å²) in [6, 6.07) is 10.3. The van der Waals surface area contributed by atoms with E-state index in [-0.39, 0.29) is 30.1 Å². The lowest BCUT2D eigenvalue weighted by molar-refractivity contribution is -0.384. The number of benzene rings is 1. The Kier molecular flexibility index (Phi) is 4.45. The van der Waals surface area contributed by atoms with Gasteiger partial charge in [-0.15, -0.1) is 0 Å². The molecule has 1 N–H and O–H groups in total. The van der Waals surface area contributed by atoms with Gasteiger partial charge in [-0.3, -0.25) is 19.7 Å². The van der Waals surface area contributed by atoms with Crippen LogP contribution < -0.4 is 10.9 Å². The first-order valence-corrected chi connectivity index (χ1v) is 6.26. The van der Waals surface area contributed by atoms with Gasteiger partial charge >= 0.3 is 0 Å². The summed E-state index contributed by atoms with van der Waals surface area (Å²) in [5.41, 5.74) is 0.274. The lowest BCUT2D eigenvalue weighted by atomic mass is 10.2. The van der Waals surface area contributed by atoms with Gasteiger partial charge in [0.1, 0.15) is 0 Å². The number of hydrogen-bond acceptors (Lipinski definition) is 4. The van der Waals surface area contributed by atoms with E-state index in [0.29, 0.717) is 5.69 Å². The van der Waals surface area contributed by atoms with Crippen molar-refractivity contribution >= 4 is 17.3 Å². The van der Waals surface area contributed by atoms with Crippen LogP contribution in [0.4, 0.5) is 11.4 Å². The van der Waals surface area contributed by atoms with Gasteiger partial charge in [0.05, 0.1) is 4.92 Å². The number of rotatable bonds is 5. The molecule has 1 heterocycles. The number of nitro groups is 1. The molecule has 0 aliphatic heterocycles. The van der Waals surface area contributed by atoms with Gasteiger partial charge in [0.2, 0.25) is 5.91 Å². The number of pyridine rings is 1. The molecule has 0 spiro atoms. The summed E-state index contributed by atoms with van der Waals surface area (Å²) in [7, 11) is 0. The smallest absolute Gasteiger partial charge is 0.269 e. The molecule has 2 rings (SSSR count). The first kappa shape index (κ1) is 14.4. The van der Waals surface area contributed by atoms with Crippen molar-refractivity contribution < 1.29 is 9.72 Å². The highest BCUT2D eigenvalue weighted by molar-refractivity contribution is 5.90. The number of aryl methyl sites for hydroxylation is 1. The molecule has 1 amide bonds. The molecule has 1 aromatic heterocycles. The lowest BCUT2D eigenvalue weighted by Crippen LogP contribution is -2.21. The third-order valence-corrected chi connectivity index (χ3v) is 2.84. The summed E-state index contributed by atoms with van der Waals surface area (Å²) in [5.74, 6) is -0.264. The zero-order chi connectivity index (χ0) is 15.2. The van der Waals surface area contributed by atoms with Gasteiger partial charge in [0.15, 0.2) is 0 Å². The van der Waals surface area contributed by atoms with E-state index in [2.05, 4.69) is 5.32 Å². The molecule has 21 heavy (non-hydrogen) atoms. The minimum Gasteiger partial charge on any atom is -0.326 e. The van der Waals surface area contributed by atoms with Crippen LogP contribution >= 0.6 is 0 Å². The van der Waals surface area contributed by atoms with E-state index in [1.54, 1.807) is 18.3 Å². The van der Waals surface area contributed by atoms with Crippen LogP contribution in [-0.4, -0.2) is 15.4 Å². The second kappa shape index (κ2) is 6.47. The molecule has 0 aliphatic rings. The van der Waals surface area contributed by atoms with Gasteiger partial charge in [-0.05, 0) is 18.2 Å². The Hall–Kier alpha value is -2.96. The Morgan fingerprint density at radius 2 is 1.90 bits per heavy atom. The Morgan fingerprint density at radius 3 is 2.52 bits per heavy atom. The predicted octanol–water partition coefficient (Wildman–Crippen LogP) is 1.79. The molecule has 7 nitrogen and oxygen atoms in total. The van der Waals surface area contributed by atoms with Crippen LogP contribution in [0.25, 0.3) is 0 Å². The zero-order valence-corrected chi connectivity index (χ0v) is 11.1. The van der Waals surface area contributed by atoms with Crippen molar-refractivity contribution in [3.63, 3.8) is 0 Å². The van der Waals surface area contributed by atoms with Gasteiger partial charge in [-0.2, -0.15) is 0 Å². The second-order valence-corrected chi connectivity index (χ2v) is 4.33. The Balaban J connectivity index is 1.91. The van der Waals surface area contributed by atoms with Crippen molar-refractivity contribution in [1.82, 2.24) is 4.57 Å². The van der Waals surface area contributed by atoms with E-state index < -0.39 is 4.92 Å². The SMILES string of the molecule is O=C(CCn1ccccc1=O)Nc1ccc([N+](=O)[O-])cc1. The number of hydrogen-bond donors (Lipinski definition) is 1. The number of aromatic nitrogens is 1. The average molecular weight is 287 g/mol. The van der Waals surface area contributed by atoms with Crippen molar-refractivity contribution in [1.29, 1.82) is 0 Å². The monoisotopic (exact) mass is 287 g/mol. The van der Waals surface area contributed by atoms with E-state index >= 15 is 0 Å². The molecule has 0 saturated carbocycles. The van der Waals surface area contributed by atoms with Crippen LogP contribution in [-0.2, 0) is 11.3 Å². The fourth-order valence-electron chi connectivity index (χ4n) is 1.76. The van der Waals surface area contributed by atoms with E-state index in [4.69, 9.17) is 0 Å². The number of nitro benzene ring substituents is 1. The zero-order valence-electron chi connectivity index (χ0n) is 11.1. The number of nitrogens with one attached hydrogen (secondary N) is 1. The molecule has 0 unspecified atom stereocenters. The second-order valence-electron chi connectivity index (χ2n) is 4.33. The normalized spacial score (nSPS) is 10.1. The topological polar surface area (TPSA) is 94.2 Å². The maximum absolute atomic E-state index is 11.8. The third kappa shape index (κ3) is 4.00. The van der Waals surface area contributed by atoms with Crippen molar-refractivity contribution in [3.8, 4) is 0 Å². The number of carbonyl (C=O) groups excluding carboxylic acids is 1. The standard InChI is InChI=1S/C14H13N3O4/c18-13(8-10-16-9-2-1-3-14(16)19)15-11-4-6-12(7-5-11)17(20)21/h1-7,9H,8,10H2,(H,15,18). The molecule has 2 aromatic rings. The van der Waals surface area contributed by atoms with Crippen LogP contribution in [0, 0.1) is 10.1 Å². The quantitative estimate of drug-likeness (QED) is 0.670. The van der Waals surface area contributed by atoms with Gasteiger partial charge in [-0.25, -0.2) is 0 Å². The minimum atomic E-state index is -0.507. The van der Waals surface area contributed by atoms with Crippen molar-refractivity contribution in [2.45, 2.75) is 13.0 Å². The minimum absolute atomic E-state index is 0.0381. The van der Waals surface area contributed by atoms with Crippen molar-refractivity contribution in [2.75, 3.05) is 5.32 Å². The van der Waals surface area contributed by atoms with E-state index in [0.717, 1.165) is 0 Å². The van der Waals surface area contributed by atoms with Crippen molar-refractivity contribution in [3.05, 3.63) is 69.1 Å². The highest BCUT2D eigenvalue weighted by Gasteiger charge is 2.06. The maximum atomic E-state index is 11.8. The Labute approximate surface area is 120 Å². The number of carbonyl (C=O) groups is 1. The molecule has 7 heteroatoms. The van der Waals surface area contributed by atoms with Crippen LogP contribution in [0.5, 0.6) is 0 Å².